The van der Waals surface area contributed by atoms with E-state index in [4.69, 9.17) is 10.2 Å². The molecule has 3 nitrogen and oxygen atoms in total. The average molecular weight is 268 g/mol. The number of aromatic nitrogens is 1. The first-order valence-electron chi connectivity index (χ1n) is 6.26. The summed E-state index contributed by atoms with van der Waals surface area (Å²) in [5.74, 6) is 0.191. The van der Waals surface area contributed by atoms with Gasteiger partial charge in [-0.05, 0) is 23.8 Å². The van der Waals surface area contributed by atoms with Crippen LogP contribution < -0.4 is 5.73 Å². The standard InChI is InChI=1S/C16H13FN2O/c17-13-7-6-12(9-14(13)18)15-10-20-16(19-15)8-11-4-2-1-3-5-11/h1-7,9-10H,8,18H2. The SMILES string of the molecule is Nc1cc(-c2coc(Cc3ccccc3)n2)ccc1F. The number of hydrogen-bond donors (Lipinski definition) is 1. The Bertz CT molecular complexity index is 722. The molecule has 0 saturated heterocycles. The summed E-state index contributed by atoms with van der Waals surface area (Å²) in [6.45, 7) is 0. The summed E-state index contributed by atoms with van der Waals surface area (Å²) in [6.07, 6.45) is 2.18. The number of rotatable bonds is 3. The van der Waals surface area contributed by atoms with Gasteiger partial charge in [0.2, 0.25) is 0 Å². The molecule has 0 saturated carbocycles. The molecule has 0 fully saturated rings. The molecule has 1 heterocycles. The van der Waals surface area contributed by atoms with Crippen molar-refractivity contribution in [3.05, 3.63) is 72.1 Å². The monoisotopic (exact) mass is 268 g/mol. The van der Waals surface area contributed by atoms with E-state index >= 15 is 0 Å². The Kier molecular flexibility index (Phi) is 3.21. The predicted octanol–water partition coefficient (Wildman–Crippen LogP) is 3.65. The van der Waals surface area contributed by atoms with Gasteiger partial charge >= 0.3 is 0 Å². The number of nitrogens with zero attached hydrogens (tertiary/aromatic N) is 1. The second kappa shape index (κ2) is 5.17. The Morgan fingerprint density at radius 1 is 1.10 bits per heavy atom. The lowest BCUT2D eigenvalue weighted by atomic mass is 10.1. The van der Waals surface area contributed by atoms with Gasteiger partial charge in [0.15, 0.2) is 5.89 Å². The van der Waals surface area contributed by atoms with E-state index in [1.165, 1.54) is 6.07 Å². The fourth-order valence-corrected chi connectivity index (χ4v) is 2.00. The first-order chi connectivity index (χ1) is 9.72. The van der Waals surface area contributed by atoms with E-state index in [1.807, 2.05) is 30.3 Å². The Morgan fingerprint density at radius 3 is 2.65 bits per heavy atom. The summed E-state index contributed by atoms with van der Waals surface area (Å²) < 4.78 is 18.6. The quantitative estimate of drug-likeness (QED) is 0.737. The third-order valence-corrected chi connectivity index (χ3v) is 3.04. The van der Waals surface area contributed by atoms with Gasteiger partial charge in [0.1, 0.15) is 17.8 Å². The zero-order chi connectivity index (χ0) is 13.9. The highest BCUT2D eigenvalue weighted by atomic mass is 19.1. The first kappa shape index (κ1) is 12.4. The van der Waals surface area contributed by atoms with Gasteiger partial charge in [0, 0.05) is 12.0 Å². The molecule has 0 amide bonds. The van der Waals surface area contributed by atoms with Gasteiger partial charge < -0.3 is 10.2 Å². The van der Waals surface area contributed by atoms with Crippen LogP contribution in [0, 0.1) is 5.82 Å². The average Bonchev–Trinajstić information content (AvgIpc) is 2.91. The fraction of sp³-hybridized carbons (Fsp3) is 0.0625. The molecule has 20 heavy (non-hydrogen) atoms. The lowest BCUT2D eigenvalue weighted by Gasteiger charge is -1.99. The van der Waals surface area contributed by atoms with Gasteiger partial charge in [-0.2, -0.15) is 0 Å². The molecule has 2 N–H and O–H groups in total. The lowest BCUT2D eigenvalue weighted by molar-refractivity contribution is 0.507. The van der Waals surface area contributed by atoms with Crippen molar-refractivity contribution >= 4 is 5.69 Å². The largest absolute Gasteiger partial charge is 0.448 e. The van der Waals surface area contributed by atoms with Crippen molar-refractivity contribution in [1.82, 2.24) is 4.98 Å². The second-order valence-electron chi connectivity index (χ2n) is 4.53. The Hall–Kier alpha value is -2.62. The maximum absolute atomic E-state index is 13.1. The van der Waals surface area contributed by atoms with Gasteiger partial charge in [0.25, 0.3) is 0 Å². The smallest absolute Gasteiger partial charge is 0.198 e. The number of nitrogen functional groups attached to an aromatic ring is 1. The van der Waals surface area contributed by atoms with Crippen LogP contribution in [-0.2, 0) is 6.42 Å². The summed E-state index contributed by atoms with van der Waals surface area (Å²) >= 11 is 0. The molecule has 3 rings (SSSR count). The maximum atomic E-state index is 13.1. The Morgan fingerprint density at radius 2 is 1.90 bits per heavy atom. The molecular formula is C16H13FN2O. The molecule has 0 aliphatic heterocycles. The molecular weight excluding hydrogens is 255 g/mol. The molecule has 0 aliphatic carbocycles. The van der Waals surface area contributed by atoms with Crippen molar-refractivity contribution in [3.8, 4) is 11.3 Å². The van der Waals surface area contributed by atoms with Gasteiger partial charge in [-0.25, -0.2) is 9.37 Å². The molecule has 0 aliphatic rings. The van der Waals surface area contributed by atoms with Crippen LogP contribution in [-0.4, -0.2) is 4.98 Å². The third-order valence-electron chi connectivity index (χ3n) is 3.04. The van der Waals surface area contributed by atoms with Crippen LogP contribution in [0.15, 0.2) is 59.2 Å². The zero-order valence-corrected chi connectivity index (χ0v) is 10.7. The molecule has 2 aromatic carbocycles. The third kappa shape index (κ3) is 2.54. The number of nitrogens with two attached hydrogens (primary N) is 1. The van der Waals surface area contributed by atoms with E-state index in [0.717, 1.165) is 11.1 Å². The topological polar surface area (TPSA) is 52.0 Å². The Balaban J connectivity index is 1.84. The van der Waals surface area contributed by atoms with Crippen LogP contribution in [0.5, 0.6) is 0 Å². The highest BCUT2D eigenvalue weighted by molar-refractivity contribution is 5.63. The summed E-state index contributed by atoms with van der Waals surface area (Å²) in [5.41, 5.74) is 8.18. The minimum Gasteiger partial charge on any atom is -0.448 e. The van der Waals surface area contributed by atoms with Crippen molar-refractivity contribution in [1.29, 1.82) is 0 Å². The van der Waals surface area contributed by atoms with Crippen LogP contribution in [0.25, 0.3) is 11.3 Å². The second-order valence-corrected chi connectivity index (χ2v) is 4.53. The summed E-state index contributed by atoms with van der Waals surface area (Å²) in [6, 6.07) is 14.5. The minimum atomic E-state index is -0.429. The van der Waals surface area contributed by atoms with Crippen LogP contribution in [0.1, 0.15) is 11.5 Å². The van der Waals surface area contributed by atoms with Gasteiger partial charge in [-0.3, -0.25) is 0 Å². The Labute approximate surface area is 115 Å². The van der Waals surface area contributed by atoms with Crippen molar-refractivity contribution < 1.29 is 8.81 Å². The lowest BCUT2D eigenvalue weighted by Crippen LogP contribution is -1.91. The van der Waals surface area contributed by atoms with Crippen LogP contribution in [0.3, 0.4) is 0 Å². The van der Waals surface area contributed by atoms with Crippen molar-refractivity contribution in [2.75, 3.05) is 5.73 Å². The van der Waals surface area contributed by atoms with Crippen LogP contribution in [0.2, 0.25) is 0 Å². The molecule has 0 bridgehead atoms. The van der Waals surface area contributed by atoms with E-state index in [9.17, 15) is 4.39 Å². The van der Waals surface area contributed by atoms with Crippen LogP contribution in [0.4, 0.5) is 10.1 Å². The fourth-order valence-electron chi connectivity index (χ4n) is 2.00. The number of anilines is 1. The molecule has 100 valence electrons. The normalized spacial score (nSPS) is 10.7. The number of oxazole rings is 1. The maximum Gasteiger partial charge on any atom is 0.198 e. The van der Waals surface area contributed by atoms with E-state index in [-0.39, 0.29) is 5.69 Å². The molecule has 0 atom stereocenters. The first-order valence-corrected chi connectivity index (χ1v) is 6.26. The molecule has 0 radical (unpaired) electrons. The highest BCUT2D eigenvalue weighted by Gasteiger charge is 2.08. The minimum absolute atomic E-state index is 0.107. The number of benzene rings is 2. The predicted molar refractivity (Wildman–Crippen MR) is 75.6 cm³/mol. The van der Waals surface area contributed by atoms with Crippen LogP contribution >= 0.6 is 0 Å². The van der Waals surface area contributed by atoms with E-state index < -0.39 is 5.82 Å². The summed E-state index contributed by atoms with van der Waals surface area (Å²) in [4.78, 5) is 4.40. The molecule has 0 unspecified atom stereocenters. The van der Waals surface area contributed by atoms with E-state index in [2.05, 4.69) is 4.98 Å². The van der Waals surface area contributed by atoms with Crippen molar-refractivity contribution in [2.45, 2.75) is 6.42 Å². The number of halogens is 1. The van der Waals surface area contributed by atoms with Gasteiger partial charge in [0.05, 0.1) is 5.69 Å². The van der Waals surface area contributed by atoms with Crippen molar-refractivity contribution in [3.63, 3.8) is 0 Å². The van der Waals surface area contributed by atoms with Gasteiger partial charge in [-0.15, -0.1) is 0 Å². The number of hydrogen-bond acceptors (Lipinski definition) is 3. The zero-order valence-electron chi connectivity index (χ0n) is 10.7. The summed E-state index contributed by atoms with van der Waals surface area (Å²) in [5, 5.41) is 0. The molecule has 3 aromatic rings. The summed E-state index contributed by atoms with van der Waals surface area (Å²) in [7, 11) is 0. The van der Waals surface area contributed by atoms with E-state index in [1.54, 1.807) is 18.4 Å². The van der Waals surface area contributed by atoms with E-state index in [0.29, 0.717) is 18.0 Å². The molecule has 4 heteroatoms. The molecule has 0 spiro atoms. The van der Waals surface area contributed by atoms with Crippen molar-refractivity contribution in [2.24, 2.45) is 0 Å². The molecule has 1 aromatic heterocycles. The highest BCUT2D eigenvalue weighted by Crippen LogP contribution is 2.23. The van der Waals surface area contributed by atoms with Gasteiger partial charge in [-0.1, -0.05) is 30.3 Å².